The van der Waals surface area contributed by atoms with Crippen molar-refractivity contribution in [2.75, 3.05) is 19.0 Å². The number of hydrogen-bond donors (Lipinski definition) is 1. The van der Waals surface area contributed by atoms with Crippen molar-refractivity contribution in [3.05, 3.63) is 80.3 Å². The van der Waals surface area contributed by atoms with E-state index in [-0.39, 0.29) is 17.8 Å². The third-order valence-electron chi connectivity index (χ3n) is 6.17. The van der Waals surface area contributed by atoms with Gasteiger partial charge in [-0.1, -0.05) is 12.1 Å². The molecule has 5 rings (SSSR count). The second-order valence-corrected chi connectivity index (χ2v) is 9.66. The first-order valence-electron chi connectivity index (χ1n) is 11.3. The van der Waals surface area contributed by atoms with Crippen LogP contribution in [0.2, 0.25) is 0 Å². The largest absolute Gasteiger partial charge is 0.484 e. The van der Waals surface area contributed by atoms with E-state index >= 15 is 0 Å². The maximum absolute atomic E-state index is 13.4. The molecule has 4 aromatic rings. The van der Waals surface area contributed by atoms with Crippen molar-refractivity contribution >= 4 is 39.2 Å². The van der Waals surface area contributed by atoms with Gasteiger partial charge in [0, 0.05) is 27.5 Å². The van der Waals surface area contributed by atoms with E-state index in [9.17, 15) is 18.8 Å². The minimum Gasteiger partial charge on any atom is -0.484 e. The number of thiophene rings is 1. The van der Waals surface area contributed by atoms with Gasteiger partial charge < -0.3 is 19.2 Å². The fraction of sp³-hybridized carbons (Fsp3) is 0.222. The molecule has 0 unspecified atom stereocenters. The topological polar surface area (TPSA) is 94.8 Å². The Balaban J connectivity index is 1.36. The Kier molecular flexibility index (Phi) is 6.32. The molecule has 0 fully saturated rings. The lowest BCUT2D eigenvalue weighted by Crippen LogP contribution is -2.21. The van der Waals surface area contributed by atoms with Gasteiger partial charge in [0.05, 0.1) is 7.11 Å². The highest BCUT2D eigenvalue weighted by molar-refractivity contribution is 7.17. The lowest BCUT2D eigenvalue weighted by molar-refractivity contribution is -0.118. The van der Waals surface area contributed by atoms with E-state index in [2.05, 4.69) is 5.32 Å². The summed E-state index contributed by atoms with van der Waals surface area (Å²) in [6.45, 7) is 1.48. The van der Waals surface area contributed by atoms with Crippen LogP contribution in [0.4, 0.5) is 9.39 Å². The predicted octanol–water partition coefficient (Wildman–Crippen LogP) is 5.26. The first-order valence-corrected chi connectivity index (χ1v) is 12.2. The van der Waals surface area contributed by atoms with Crippen molar-refractivity contribution < 1.29 is 27.9 Å². The van der Waals surface area contributed by atoms with E-state index < -0.39 is 17.7 Å². The fourth-order valence-electron chi connectivity index (χ4n) is 4.56. The van der Waals surface area contributed by atoms with Crippen molar-refractivity contribution in [2.24, 2.45) is 0 Å². The minimum atomic E-state index is -0.619. The van der Waals surface area contributed by atoms with Crippen LogP contribution >= 0.6 is 11.3 Å². The number of aryl methyl sites for hydroxylation is 2. The Morgan fingerprint density at radius 1 is 1.11 bits per heavy atom. The lowest BCUT2D eigenvalue weighted by Gasteiger charge is -2.10. The maximum Gasteiger partial charge on any atom is 0.341 e. The van der Waals surface area contributed by atoms with Crippen LogP contribution in [0.25, 0.3) is 22.1 Å². The summed E-state index contributed by atoms with van der Waals surface area (Å²) < 4.78 is 29.5. The summed E-state index contributed by atoms with van der Waals surface area (Å²) >= 11 is 1.22. The number of benzene rings is 2. The highest BCUT2D eigenvalue weighted by atomic mass is 32.1. The van der Waals surface area contributed by atoms with Gasteiger partial charge in [-0.15, -0.1) is 11.3 Å². The van der Waals surface area contributed by atoms with Crippen molar-refractivity contribution in [1.29, 1.82) is 0 Å². The Hall–Kier alpha value is -3.98. The summed E-state index contributed by atoms with van der Waals surface area (Å²) in [5, 5.41) is 3.92. The molecule has 7 nitrogen and oxygen atoms in total. The molecule has 1 amide bonds. The van der Waals surface area contributed by atoms with E-state index in [1.807, 2.05) is 13.0 Å². The molecule has 2 heterocycles. The number of esters is 1. The summed E-state index contributed by atoms with van der Waals surface area (Å²) in [4.78, 5) is 38.3. The molecule has 1 N–H and O–H groups in total. The number of carbonyl (C=O) groups excluding carboxylic acids is 2. The standard InChI is InChI=1S/C27H22FNO6S/c1-14-23(15-6-8-16(28)9-7-15)24(27(32)33-2)25(36-14)29-22(30)13-34-17-10-11-19-18-4-3-5-20(18)26(31)35-21(19)12-17/h6-12H,3-5,13H2,1-2H3,(H,29,30). The number of nitrogens with one attached hydrogen (secondary N) is 1. The highest BCUT2D eigenvalue weighted by Gasteiger charge is 2.25. The average Bonchev–Trinajstić information content (AvgIpc) is 3.48. The average molecular weight is 508 g/mol. The summed E-state index contributed by atoms with van der Waals surface area (Å²) in [5.41, 5.74) is 3.25. The molecule has 9 heteroatoms. The molecule has 184 valence electrons. The molecule has 1 aliphatic rings. The van der Waals surface area contributed by atoms with Gasteiger partial charge in [-0.05, 0) is 61.6 Å². The quantitative estimate of drug-likeness (QED) is 0.283. The molecule has 0 atom stereocenters. The van der Waals surface area contributed by atoms with Crippen molar-refractivity contribution in [3.8, 4) is 16.9 Å². The van der Waals surface area contributed by atoms with E-state index in [0.29, 0.717) is 27.5 Å². The van der Waals surface area contributed by atoms with E-state index in [4.69, 9.17) is 13.9 Å². The molecule has 0 bridgehead atoms. The van der Waals surface area contributed by atoms with Crippen LogP contribution in [0.15, 0.2) is 51.7 Å². The van der Waals surface area contributed by atoms with E-state index in [1.54, 1.807) is 24.3 Å². The molecular formula is C27H22FNO6S. The number of anilines is 1. The Bertz CT molecular complexity index is 1550. The first kappa shape index (κ1) is 23.7. The Morgan fingerprint density at radius 2 is 1.86 bits per heavy atom. The molecule has 2 aromatic carbocycles. The summed E-state index contributed by atoms with van der Waals surface area (Å²) in [5.74, 6) is -1.12. The third kappa shape index (κ3) is 4.37. The SMILES string of the molecule is COC(=O)c1c(NC(=O)COc2ccc3c4c(c(=O)oc3c2)CCC4)sc(C)c1-c1ccc(F)cc1. The zero-order chi connectivity index (χ0) is 25.4. The van der Waals surface area contributed by atoms with Gasteiger partial charge in [0.25, 0.3) is 5.91 Å². The highest BCUT2D eigenvalue weighted by Crippen LogP contribution is 2.40. The zero-order valence-electron chi connectivity index (χ0n) is 19.6. The number of amides is 1. The smallest absolute Gasteiger partial charge is 0.341 e. The fourth-order valence-corrected chi connectivity index (χ4v) is 5.64. The van der Waals surface area contributed by atoms with Crippen LogP contribution in [-0.2, 0) is 22.4 Å². The Labute approximate surface area is 209 Å². The molecule has 2 aromatic heterocycles. The zero-order valence-corrected chi connectivity index (χ0v) is 20.4. The number of hydrogen-bond acceptors (Lipinski definition) is 7. The molecule has 0 aliphatic heterocycles. The van der Waals surface area contributed by atoms with Crippen LogP contribution in [0.1, 0.15) is 32.8 Å². The Morgan fingerprint density at radius 3 is 2.61 bits per heavy atom. The minimum absolute atomic E-state index is 0.196. The van der Waals surface area contributed by atoms with Gasteiger partial charge in [-0.3, -0.25) is 4.79 Å². The number of methoxy groups -OCH3 is 1. The van der Waals surface area contributed by atoms with Crippen molar-refractivity contribution in [3.63, 3.8) is 0 Å². The number of fused-ring (bicyclic) bond motifs is 3. The van der Waals surface area contributed by atoms with Gasteiger partial charge in [0.15, 0.2) is 6.61 Å². The second-order valence-electron chi connectivity index (χ2n) is 8.43. The third-order valence-corrected chi connectivity index (χ3v) is 7.20. The number of rotatable bonds is 6. The number of ether oxygens (including phenoxy) is 2. The van der Waals surface area contributed by atoms with Crippen LogP contribution in [-0.4, -0.2) is 25.6 Å². The first-order chi connectivity index (χ1) is 17.4. The molecule has 36 heavy (non-hydrogen) atoms. The molecular weight excluding hydrogens is 485 g/mol. The van der Waals surface area contributed by atoms with Crippen LogP contribution in [0.5, 0.6) is 5.75 Å². The van der Waals surface area contributed by atoms with Gasteiger partial charge in [0.2, 0.25) is 0 Å². The molecule has 0 radical (unpaired) electrons. The summed E-state index contributed by atoms with van der Waals surface area (Å²) in [7, 11) is 1.26. The van der Waals surface area contributed by atoms with E-state index in [0.717, 1.165) is 40.7 Å². The lowest BCUT2D eigenvalue weighted by atomic mass is 10.0. The van der Waals surface area contributed by atoms with E-state index in [1.165, 1.54) is 30.6 Å². The molecule has 0 saturated carbocycles. The van der Waals surface area contributed by atoms with Crippen LogP contribution in [0.3, 0.4) is 0 Å². The van der Waals surface area contributed by atoms with Crippen LogP contribution < -0.4 is 15.7 Å². The van der Waals surface area contributed by atoms with Crippen LogP contribution in [0, 0.1) is 12.7 Å². The van der Waals surface area contributed by atoms with Gasteiger partial charge in [-0.25, -0.2) is 14.0 Å². The molecule has 1 aliphatic carbocycles. The summed E-state index contributed by atoms with van der Waals surface area (Å²) in [6, 6.07) is 10.9. The van der Waals surface area contributed by atoms with Gasteiger partial charge in [0.1, 0.15) is 27.7 Å². The van der Waals surface area contributed by atoms with Crippen molar-refractivity contribution in [1.82, 2.24) is 0 Å². The normalized spacial score (nSPS) is 12.4. The monoisotopic (exact) mass is 507 g/mol. The predicted molar refractivity (Wildman–Crippen MR) is 134 cm³/mol. The summed E-state index contributed by atoms with van der Waals surface area (Å²) in [6.07, 6.45) is 2.49. The van der Waals surface area contributed by atoms with Crippen molar-refractivity contribution in [2.45, 2.75) is 26.2 Å². The van der Waals surface area contributed by atoms with Gasteiger partial charge >= 0.3 is 11.6 Å². The van der Waals surface area contributed by atoms with Gasteiger partial charge in [-0.2, -0.15) is 0 Å². The molecule has 0 saturated heterocycles. The maximum atomic E-state index is 13.4. The number of halogens is 1. The number of carbonyl (C=O) groups is 2. The second kappa shape index (κ2) is 9.58. The molecule has 0 spiro atoms.